The molecule has 11 heteroatoms. The van der Waals surface area contributed by atoms with Crippen LogP contribution in [0.2, 0.25) is 0 Å². The Hall–Kier alpha value is -0.910. The van der Waals surface area contributed by atoms with Crippen LogP contribution in [0.4, 0.5) is 13.2 Å². The highest BCUT2D eigenvalue weighted by Crippen LogP contribution is 2.11. The second-order valence-electron chi connectivity index (χ2n) is 1.31. The van der Waals surface area contributed by atoms with E-state index in [-0.39, 0.29) is 6.15 Å². The fourth-order valence-electron chi connectivity index (χ4n) is 0. The standard InChI is InChI=1S/C2H2F3NO.H3N.H2O4S/c3-2(4,5)1(6)7;;1-5(2,3)4/h(H2,6,7);1H3;(H2,1,2,3,4). The van der Waals surface area contributed by atoms with Gasteiger partial charge < -0.3 is 11.9 Å². The molecule has 0 aliphatic heterocycles. The highest BCUT2D eigenvalue weighted by atomic mass is 32.3. The molecule has 0 saturated heterocycles. The zero-order chi connectivity index (χ0) is 10.6. The molecule has 82 valence electrons. The average molecular weight is 228 g/mol. The van der Waals surface area contributed by atoms with Crippen LogP contribution in [0, 0.1) is 0 Å². The maximum atomic E-state index is 10.7. The Morgan fingerprint density at radius 2 is 1.31 bits per heavy atom. The highest BCUT2D eigenvalue weighted by molar-refractivity contribution is 7.79. The van der Waals surface area contributed by atoms with Crippen LogP contribution in [-0.4, -0.2) is 29.6 Å². The number of amides is 1. The summed E-state index contributed by atoms with van der Waals surface area (Å²) < 4.78 is 63.7. The molecule has 7 nitrogen and oxygen atoms in total. The first kappa shape index (κ1) is 18.0. The smallest absolute Gasteiger partial charge is 0.362 e. The Bertz CT molecular complexity index is 237. The summed E-state index contributed by atoms with van der Waals surface area (Å²) in [6.07, 6.45) is -4.86. The van der Waals surface area contributed by atoms with Crippen LogP contribution in [0.25, 0.3) is 0 Å². The molecule has 0 rings (SSSR count). The van der Waals surface area contributed by atoms with E-state index in [9.17, 15) is 13.2 Å². The van der Waals surface area contributed by atoms with Crippen molar-refractivity contribution in [3.63, 3.8) is 0 Å². The van der Waals surface area contributed by atoms with Crippen molar-refractivity contribution in [1.29, 1.82) is 0 Å². The van der Waals surface area contributed by atoms with Crippen LogP contribution in [0.15, 0.2) is 0 Å². The molecular formula is C2H7F3N2O5S. The van der Waals surface area contributed by atoms with Gasteiger partial charge in [0.05, 0.1) is 0 Å². The minimum atomic E-state index is -4.86. The Balaban J connectivity index is -0.000000150. The number of primary amides is 1. The Kier molecular flexibility index (Phi) is 7.87. The van der Waals surface area contributed by atoms with Crippen LogP contribution in [0.5, 0.6) is 0 Å². The van der Waals surface area contributed by atoms with E-state index < -0.39 is 22.5 Å². The topological polar surface area (TPSA) is 153 Å². The second kappa shape index (κ2) is 5.69. The van der Waals surface area contributed by atoms with Gasteiger partial charge >= 0.3 is 22.5 Å². The number of nitrogens with two attached hydrogens (primary N) is 1. The first-order valence-corrected chi connectivity index (χ1v) is 3.41. The first-order valence-electron chi connectivity index (χ1n) is 2.01. The van der Waals surface area contributed by atoms with Crippen LogP contribution in [0.1, 0.15) is 0 Å². The molecule has 0 spiro atoms. The number of hydrogen-bond acceptors (Lipinski definition) is 4. The van der Waals surface area contributed by atoms with Gasteiger partial charge in [-0.05, 0) is 0 Å². The normalized spacial score (nSPS) is 10.5. The minimum absolute atomic E-state index is 0. The van der Waals surface area contributed by atoms with E-state index in [1.165, 1.54) is 0 Å². The first-order chi connectivity index (χ1) is 4.94. The average Bonchev–Trinajstić information content (AvgIpc) is 1.55. The summed E-state index contributed by atoms with van der Waals surface area (Å²) in [5.41, 5.74) is 3.81. The lowest BCUT2D eigenvalue weighted by Crippen LogP contribution is -2.30. The summed E-state index contributed by atoms with van der Waals surface area (Å²) in [5.74, 6) is -2.26. The molecule has 0 aliphatic rings. The lowest BCUT2D eigenvalue weighted by Gasteiger charge is -1.95. The number of rotatable bonds is 0. The number of carbonyl (C=O) groups is 1. The zero-order valence-corrected chi connectivity index (χ0v) is 6.76. The van der Waals surface area contributed by atoms with Gasteiger partial charge in [-0.1, -0.05) is 0 Å². The van der Waals surface area contributed by atoms with Crippen LogP contribution >= 0.6 is 0 Å². The molecule has 0 fully saturated rings. The quantitative estimate of drug-likeness (QED) is 0.411. The number of carbonyl (C=O) groups excluding carboxylic acids is 1. The molecule has 0 aromatic carbocycles. The van der Waals surface area contributed by atoms with Gasteiger partial charge in [-0.15, -0.1) is 0 Å². The molecule has 0 atom stereocenters. The third kappa shape index (κ3) is 35.4. The highest BCUT2D eigenvalue weighted by Gasteiger charge is 2.35. The van der Waals surface area contributed by atoms with Gasteiger partial charge in [-0.3, -0.25) is 13.9 Å². The number of halogens is 3. The van der Waals surface area contributed by atoms with Crippen LogP contribution < -0.4 is 11.9 Å². The third-order valence-electron chi connectivity index (χ3n) is 0.279. The Morgan fingerprint density at radius 1 is 1.23 bits per heavy atom. The molecule has 13 heavy (non-hydrogen) atoms. The fourth-order valence-corrected chi connectivity index (χ4v) is 0. The van der Waals surface area contributed by atoms with Crippen molar-refractivity contribution in [2.24, 2.45) is 5.73 Å². The molecule has 0 aliphatic carbocycles. The van der Waals surface area contributed by atoms with E-state index in [4.69, 9.17) is 22.3 Å². The van der Waals surface area contributed by atoms with E-state index in [1.54, 1.807) is 0 Å². The summed E-state index contributed by atoms with van der Waals surface area (Å²) in [6.45, 7) is 0. The van der Waals surface area contributed by atoms with Gasteiger partial charge in [0, 0.05) is 0 Å². The summed E-state index contributed by atoms with van der Waals surface area (Å²) in [7, 11) is -4.67. The molecule has 7 N–H and O–H groups in total. The summed E-state index contributed by atoms with van der Waals surface area (Å²) in [6, 6.07) is 0. The SMILES string of the molecule is N.NC(=O)C(F)(F)F.O=S(=O)(O)O. The molecule has 0 aromatic rings. The number of alkyl halides is 3. The summed E-state index contributed by atoms with van der Waals surface area (Å²) in [4.78, 5) is 9.12. The second-order valence-corrected chi connectivity index (χ2v) is 2.21. The van der Waals surface area contributed by atoms with Crippen molar-refractivity contribution in [2.75, 3.05) is 0 Å². The third-order valence-corrected chi connectivity index (χ3v) is 0.279. The van der Waals surface area contributed by atoms with E-state index in [2.05, 4.69) is 5.73 Å². The molecular weight excluding hydrogens is 221 g/mol. The largest absolute Gasteiger partial charge is 0.470 e. The van der Waals surface area contributed by atoms with E-state index in [0.717, 1.165) is 0 Å². The van der Waals surface area contributed by atoms with Gasteiger partial charge in [0.2, 0.25) is 0 Å². The van der Waals surface area contributed by atoms with E-state index in [1.807, 2.05) is 0 Å². The van der Waals surface area contributed by atoms with E-state index in [0.29, 0.717) is 0 Å². The van der Waals surface area contributed by atoms with Gasteiger partial charge in [0.15, 0.2) is 0 Å². The maximum absolute atomic E-state index is 10.7. The predicted molar refractivity (Wildman–Crippen MR) is 34.4 cm³/mol. The van der Waals surface area contributed by atoms with Crippen LogP contribution in [0.3, 0.4) is 0 Å². The number of hydrogen-bond donors (Lipinski definition) is 4. The Morgan fingerprint density at radius 3 is 1.31 bits per heavy atom. The molecule has 0 radical (unpaired) electrons. The van der Waals surface area contributed by atoms with Crippen molar-refractivity contribution in [3.05, 3.63) is 0 Å². The summed E-state index contributed by atoms with van der Waals surface area (Å²) in [5, 5.41) is 0. The molecule has 0 saturated carbocycles. The van der Waals surface area contributed by atoms with Crippen molar-refractivity contribution < 1.29 is 35.5 Å². The van der Waals surface area contributed by atoms with Gasteiger partial charge in [0.25, 0.3) is 0 Å². The molecule has 0 aromatic heterocycles. The van der Waals surface area contributed by atoms with Crippen molar-refractivity contribution in [1.82, 2.24) is 6.15 Å². The van der Waals surface area contributed by atoms with Gasteiger partial charge in [-0.25, -0.2) is 0 Å². The van der Waals surface area contributed by atoms with Crippen LogP contribution in [-0.2, 0) is 15.2 Å². The van der Waals surface area contributed by atoms with Gasteiger partial charge in [-0.2, -0.15) is 21.6 Å². The van der Waals surface area contributed by atoms with Crippen molar-refractivity contribution in [2.45, 2.75) is 6.18 Å². The lowest BCUT2D eigenvalue weighted by atomic mass is 10.6. The zero-order valence-electron chi connectivity index (χ0n) is 5.95. The van der Waals surface area contributed by atoms with Crippen molar-refractivity contribution in [3.8, 4) is 0 Å². The maximum Gasteiger partial charge on any atom is 0.470 e. The predicted octanol–water partition coefficient (Wildman–Crippen LogP) is -0.457. The molecule has 0 heterocycles. The summed E-state index contributed by atoms with van der Waals surface area (Å²) >= 11 is 0. The molecule has 1 amide bonds. The van der Waals surface area contributed by atoms with E-state index >= 15 is 0 Å². The fraction of sp³-hybridized carbons (Fsp3) is 0.500. The molecule has 0 unspecified atom stereocenters. The molecule has 0 bridgehead atoms. The minimum Gasteiger partial charge on any atom is -0.362 e. The lowest BCUT2D eigenvalue weighted by molar-refractivity contribution is -0.169. The van der Waals surface area contributed by atoms with Gasteiger partial charge in [0.1, 0.15) is 0 Å². The monoisotopic (exact) mass is 228 g/mol. The Labute approximate surface area is 70.9 Å². The van der Waals surface area contributed by atoms with Crippen molar-refractivity contribution >= 4 is 16.3 Å².